The molecule has 1 N–H and O–H groups in total. The SMILES string of the molecule is COC/C=C/c1cccc2c1C(C)=NS(=O)(=O)N2. The Balaban J connectivity index is 2.49. The van der Waals surface area contributed by atoms with E-state index in [1.807, 2.05) is 18.2 Å². The normalized spacial score (nSPS) is 17.1. The van der Waals surface area contributed by atoms with Crippen LogP contribution in [-0.2, 0) is 14.9 Å². The quantitative estimate of drug-likeness (QED) is 0.907. The molecule has 0 saturated carbocycles. The Morgan fingerprint density at radius 2 is 2.22 bits per heavy atom. The average molecular weight is 266 g/mol. The van der Waals surface area contributed by atoms with Crippen LogP contribution >= 0.6 is 0 Å². The second-order valence-electron chi connectivity index (χ2n) is 3.88. The van der Waals surface area contributed by atoms with Crippen molar-refractivity contribution in [2.75, 3.05) is 18.4 Å². The second-order valence-corrected chi connectivity index (χ2v) is 5.22. The van der Waals surface area contributed by atoms with Crippen LogP contribution in [0, 0.1) is 0 Å². The van der Waals surface area contributed by atoms with Crippen molar-refractivity contribution in [2.45, 2.75) is 6.92 Å². The minimum Gasteiger partial charge on any atom is -0.381 e. The molecule has 0 unspecified atom stereocenters. The van der Waals surface area contributed by atoms with Gasteiger partial charge in [0.2, 0.25) is 0 Å². The zero-order chi connectivity index (χ0) is 13.2. The highest BCUT2D eigenvalue weighted by atomic mass is 32.2. The van der Waals surface area contributed by atoms with Gasteiger partial charge in [-0.05, 0) is 18.6 Å². The van der Waals surface area contributed by atoms with Crippen LogP contribution in [0.3, 0.4) is 0 Å². The van der Waals surface area contributed by atoms with E-state index in [2.05, 4.69) is 9.12 Å². The van der Waals surface area contributed by atoms with Gasteiger partial charge in [0.1, 0.15) is 0 Å². The molecule has 96 valence electrons. The van der Waals surface area contributed by atoms with E-state index in [-0.39, 0.29) is 0 Å². The molecule has 1 aliphatic heterocycles. The van der Waals surface area contributed by atoms with Crippen LogP contribution in [0.15, 0.2) is 28.7 Å². The van der Waals surface area contributed by atoms with E-state index in [1.54, 1.807) is 26.2 Å². The van der Waals surface area contributed by atoms with E-state index >= 15 is 0 Å². The molecule has 0 spiro atoms. The molecule has 0 amide bonds. The summed E-state index contributed by atoms with van der Waals surface area (Å²) in [6, 6.07) is 5.43. The highest BCUT2D eigenvalue weighted by Crippen LogP contribution is 2.27. The van der Waals surface area contributed by atoms with Crippen molar-refractivity contribution in [3.8, 4) is 0 Å². The predicted molar refractivity (Wildman–Crippen MR) is 72.1 cm³/mol. The first-order valence-corrected chi connectivity index (χ1v) is 6.85. The van der Waals surface area contributed by atoms with Crippen molar-refractivity contribution in [1.82, 2.24) is 0 Å². The summed E-state index contributed by atoms with van der Waals surface area (Å²) in [5.74, 6) is 0. The molecule has 5 nitrogen and oxygen atoms in total. The van der Waals surface area contributed by atoms with Gasteiger partial charge < -0.3 is 4.74 Å². The maximum Gasteiger partial charge on any atom is 0.342 e. The van der Waals surface area contributed by atoms with Crippen LogP contribution in [-0.4, -0.2) is 27.8 Å². The smallest absolute Gasteiger partial charge is 0.342 e. The van der Waals surface area contributed by atoms with Gasteiger partial charge in [0.15, 0.2) is 0 Å². The standard InChI is InChI=1S/C12H14N2O3S/c1-9-12-10(6-4-8-17-2)5-3-7-11(12)14-18(15,16)13-9/h3-7,14H,8H2,1-2H3/b6-4+. The van der Waals surface area contributed by atoms with Gasteiger partial charge in [-0.3, -0.25) is 4.72 Å². The van der Waals surface area contributed by atoms with Crippen LogP contribution < -0.4 is 4.72 Å². The second kappa shape index (κ2) is 4.91. The number of nitrogens with zero attached hydrogens (tertiary/aromatic N) is 1. The number of hydrogen-bond acceptors (Lipinski definition) is 3. The van der Waals surface area contributed by atoms with Gasteiger partial charge in [0, 0.05) is 12.7 Å². The summed E-state index contributed by atoms with van der Waals surface area (Å²) in [5, 5.41) is 0. The number of methoxy groups -OCH3 is 1. The molecule has 1 aromatic rings. The number of rotatable bonds is 3. The number of hydrogen-bond donors (Lipinski definition) is 1. The molecule has 0 fully saturated rings. The molecular weight excluding hydrogens is 252 g/mol. The van der Waals surface area contributed by atoms with E-state index in [4.69, 9.17) is 4.74 Å². The Hall–Kier alpha value is -1.66. The van der Waals surface area contributed by atoms with Crippen LogP contribution in [0.4, 0.5) is 5.69 Å². The van der Waals surface area contributed by atoms with Gasteiger partial charge in [-0.15, -0.1) is 4.40 Å². The molecule has 1 aromatic carbocycles. The van der Waals surface area contributed by atoms with Crippen molar-refractivity contribution < 1.29 is 13.2 Å². The first kappa shape index (κ1) is 12.8. The van der Waals surface area contributed by atoms with Crippen LogP contribution in [0.5, 0.6) is 0 Å². The van der Waals surface area contributed by atoms with Crippen molar-refractivity contribution in [3.63, 3.8) is 0 Å². The molecule has 0 bridgehead atoms. The summed E-state index contributed by atoms with van der Waals surface area (Å²) in [5.41, 5.74) is 2.76. The Labute approximate surface area is 106 Å². The zero-order valence-electron chi connectivity index (χ0n) is 10.2. The van der Waals surface area contributed by atoms with E-state index in [1.165, 1.54) is 0 Å². The van der Waals surface area contributed by atoms with E-state index in [0.717, 1.165) is 11.1 Å². The molecule has 1 heterocycles. The highest BCUT2D eigenvalue weighted by molar-refractivity contribution is 7.91. The molecule has 0 aliphatic carbocycles. The van der Waals surface area contributed by atoms with Crippen molar-refractivity contribution in [3.05, 3.63) is 35.4 Å². The lowest BCUT2D eigenvalue weighted by atomic mass is 10.0. The summed E-state index contributed by atoms with van der Waals surface area (Å²) in [6.07, 6.45) is 3.76. The number of nitrogens with one attached hydrogen (secondary N) is 1. The van der Waals surface area contributed by atoms with Crippen LogP contribution in [0.2, 0.25) is 0 Å². The average Bonchev–Trinajstić information content (AvgIpc) is 2.27. The maximum absolute atomic E-state index is 11.5. The molecule has 0 radical (unpaired) electrons. The summed E-state index contributed by atoms with van der Waals surface area (Å²) >= 11 is 0. The van der Waals surface area contributed by atoms with Crippen molar-refractivity contribution in [2.24, 2.45) is 4.40 Å². The Morgan fingerprint density at radius 3 is 2.94 bits per heavy atom. The van der Waals surface area contributed by atoms with Gasteiger partial charge in [0.25, 0.3) is 0 Å². The first-order valence-electron chi connectivity index (χ1n) is 5.41. The van der Waals surface area contributed by atoms with E-state index in [0.29, 0.717) is 18.0 Å². The highest BCUT2D eigenvalue weighted by Gasteiger charge is 2.21. The van der Waals surface area contributed by atoms with Crippen LogP contribution in [0.25, 0.3) is 6.08 Å². The maximum atomic E-state index is 11.5. The fraction of sp³-hybridized carbons (Fsp3) is 0.250. The third-order valence-corrected chi connectivity index (χ3v) is 3.51. The lowest BCUT2D eigenvalue weighted by Crippen LogP contribution is -2.20. The summed E-state index contributed by atoms with van der Waals surface area (Å²) < 4.78 is 33.9. The van der Waals surface area contributed by atoms with E-state index in [9.17, 15) is 8.42 Å². The lowest BCUT2D eigenvalue weighted by molar-refractivity contribution is 0.234. The topological polar surface area (TPSA) is 67.8 Å². The summed E-state index contributed by atoms with van der Waals surface area (Å²) in [4.78, 5) is 0. The lowest BCUT2D eigenvalue weighted by Gasteiger charge is -2.17. The number of benzene rings is 1. The van der Waals surface area contributed by atoms with Crippen LogP contribution in [0.1, 0.15) is 18.1 Å². The number of fused-ring (bicyclic) bond motifs is 1. The third kappa shape index (κ3) is 2.60. The molecule has 0 atom stereocenters. The largest absolute Gasteiger partial charge is 0.381 e. The van der Waals surface area contributed by atoms with Gasteiger partial charge in [-0.25, -0.2) is 0 Å². The van der Waals surface area contributed by atoms with Gasteiger partial charge in [0.05, 0.1) is 18.0 Å². The molecule has 6 heteroatoms. The predicted octanol–water partition coefficient (Wildman–Crippen LogP) is 1.83. The third-order valence-electron chi connectivity index (χ3n) is 2.51. The minimum atomic E-state index is -3.60. The summed E-state index contributed by atoms with van der Waals surface area (Å²) in [7, 11) is -1.98. The Bertz CT molecular complexity index is 618. The fourth-order valence-electron chi connectivity index (χ4n) is 1.86. The number of ether oxygens (including phenoxy) is 1. The zero-order valence-corrected chi connectivity index (χ0v) is 11.0. The first-order chi connectivity index (χ1) is 8.53. The molecule has 2 rings (SSSR count). The molecule has 0 saturated heterocycles. The van der Waals surface area contributed by atoms with Gasteiger partial charge >= 0.3 is 10.2 Å². The van der Waals surface area contributed by atoms with E-state index < -0.39 is 10.2 Å². The number of anilines is 1. The molecule has 0 aromatic heterocycles. The molecule has 1 aliphatic rings. The van der Waals surface area contributed by atoms with Gasteiger partial charge in [-0.1, -0.05) is 24.3 Å². The molecular formula is C12H14N2O3S. The van der Waals surface area contributed by atoms with Crippen molar-refractivity contribution >= 4 is 27.7 Å². The monoisotopic (exact) mass is 266 g/mol. The van der Waals surface area contributed by atoms with Crippen molar-refractivity contribution in [1.29, 1.82) is 0 Å². The summed E-state index contributed by atoms with van der Waals surface area (Å²) in [6.45, 7) is 2.19. The Morgan fingerprint density at radius 1 is 1.44 bits per heavy atom. The fourth-order valence-corrected chi connectivity index (χ4v) is 2.80. The molecule has 18 heavy (non-hydrogen) atoms. The minimum absolute atomic E-state index is 0.487. The Kier molecular flexibility index (Phi) is 3.49. The van der Waals surface area contributed by atoms with Gasteiger partial charge in [-0.2, -0.15) is 8.42 Å².